The lowest BCUT2D eigenvalue weighted by Crippen LogP contribution is -2.35. The van der Waals surface area contributed by atoms with E-state index in [0.717, 1.165) is 47.1 Å². The second-order valence-electron chi connectivity index (χ2n) is 9.14. The molecule has 0 aliphatic rings. The van der Waals surface area contributed by atoms with Gasteiger partial charge in [0.2, 0.25) is 5.88 Å². The van der Waals surface area contributed by atoms with Gasteiger partial charge in [-0.25, -0.2) is 4.68 Å². The lowest BCUT2D eigenvalue weighted by molar-refractivity contribution is 0.0952. The average molecular weight is 448 g/mol. The van der Waals surface area contributed by atoms with E-state index < -0.39 is 6.10 Å². The van der Waals surface area contributed by atoms with Gasteiger partial charge in [-0.1, -0.05) is 50.3 Å². The van der Waals surface area contributed by atoms with E-state index in [0.29, 0.717) is 25.4 Å². The minimum atomic E-state index is -0.396. The van der Waals surface area contributed by atoms with Crippen LogP contribution in [-0.4, -0.2) is 39.0 Å². The molecule has 1 heterocycles. The molecule has 176 valence electrons. The first kappa shape index (κ1) is 24.7. The van der Waals surface area contributed by atoms with Crippen LogP contribution in [-0.2, 0) is 6.54 Å². The Morgan fingerprint density at radius 1 is 1.09 bits per heavy atom. The van der Waals surface area contributed by atoms with Crippen molar-refractivity contribution >= 4 is 0 Å². The molecule has 0 saturated carbocycles. The van der Waals surface area contributed by atoms with E-state index in [1.807, 2.05) is 66.2 Å². The van der Waals surface area contributed by atoms with Gasteiger partial charge in [-0.15, -0.1) is 6.58 Å². The van der Waals surface area contributed by atoms with Crippen LogP contribution in [0.25, 0.3) is 5.69 Å². The van der Waals surface area contributed by atoms with Gasteiger partial charge in [0.25, 0.3) is 0 Å². The van der Waals surface area contributed by atoms with Crippen molar-refractivity contribution in [3.8, 4) is 17.3 Å². The summed E-state index contributed by atoms with van der Waals surface area (Å²) in [5.74, 6) is 1.98. The summed E-state index contributed by atoms with van der Waals surface area (Å²) >= 11 is 0. The molecule has 5 heteroatoms. The molecule has 5 nitrogen and oxygen atoms in total. The number of allylic oxidation sites excluding steroid dienone is 1. The molecule has 2 aromatic carbocycles. The quantitative estimate of drug-likeness (QED) is 0.343. The predicted molar refractivity (Wildman–Crippen MR) is 135 cm³/mol. The number of hydrogen-bond acceptors (Lipinski definition) is 4. The van der Waals surface area contributed by atoms with Gasteiger partial charge < -0.3 is 9.84 Å². The highest BCUT2D eigenvalue weighted by Crippen LogP contribution is 2.32. The Morgan fingerprint density at radius 3 is 2.52 bits per heavy atom. The summed E-state index contributed by atoms with van der Waals surface area (Å²) in [6, 6.07) is 18.1. The Balaban J connectivity index is 1.97. The van der Waals surface area contributed by atoms with Crippen molar-refractivity contribution in [2.45, 2.75) is 53.2 Å². The standard InChI is InChI=1S/C28H37N3O2/c1-6-7-15-25(32)19-30(18-21(2)3)20-27-23(5)29-31(24-13-9-8-10-14-24)28(27)33-26-16-11-12-22(4)17-26/h6,8-14,16-17,21,25,32H,1,7,15,18-20H2,2-5H3/t25-/m0/s1. The third-order valence-corrected chi connectivity index (χ3v) is 5.52. The summed E-state index contributed by atoms with van der Waals surface area (Å²) < 4.78 is 8.35. The number of aromatic nitrogens is 2. The van der Waals surface area contributed by atoms with E-state index in [-0.39, 0.29) is 0 Å². The van der Waals surface area contributed by atoms with Gasteiger partial charge in [0.15, 0.2) is 0 Å². The number of para-hydroxylation sites is 1. The van der Waals surface area contributed by atoms with Crippen LogP contribution in [0.2, 0.25) is 0 Å². The van der Waals surface area contributed by atoms with E-state index in [4.69, 9.17) is 9.84 Å². The number of nitrogens with zero attached hydrogens (tertiary/aromatic N) is 3. The maximum absolute atomic E-state index is 10.6. The fourth-order valence-corrected chi connectivity index (χ4v) is 4.00. The number of aliphatic hydroxyl groups excluding tert-OH is 1. The molecular weight excluding hydrogens is 410 g/mol. The van der Waals surface area contributed by atoms with Crippen LogP contribution < -0.4 is 4.74 Å². The first-order valence-electron chi connectivity index (χ1n) is 11.8. The summed E-state index contributed by atoms with van der Waals surface area (Å²) in [4.78, 5) is 2.31. The molecule has 1 N–H and O–H groups in total. The topological polar surface area (TPSA) is 50.5 Å². The second-order valence-corrected chi connectivity index (χ2v) is 9.14. The monoisotopic (exact) mass is 447 g/mol. The minimum Gasteiger partial charge on any atom is -0.439 e. The van der Waals surface area contributed by atoms with Crippen molar-refractivity contribution < 1.29 is 9.84 Å². The van der Waals surface area contributed by atoms with Crippen molar-refractivity contribution in [3.05, 3.63) is 84.1 Å². The Morgan fingerprint density at radius 2 is 1.85 bits per heavy atom. The van der Waals surface area contributed by atoms with Crippen molar-refractivity contribution in [1.29, 1.82) is 0 Å². The molecule has 0 spiro atoms. The Hall–Kier alpha value is -2.89. The van der Waals surface area contributed by atoms with Crippen molar-refractivity contribution in [2.24, 2.45) is 5.92 Å². The van der Waals surface area contributed by atoms with Crippen LogP contribution in [0.4, 0.5) is 0 Å². The number of aliphatic hydroxyl groups is 1. The van der Waals surface area contributed by atoms with Gasteiger partial charge in [-0.2, -0.15) is 5.10 Å². The number of ether oxygens (including phenoxy) is 1. The van der Waals surface area contributed by atoms with Crippen LogP contribution in [0.5, 0.6) is 11.6 Å². The summed E-state index contributed by atoms with van der Waals surface area (Å²) in [7, 11) is 0. The molecule has 0 amide bonds. The van der Waals surface area contributed by atoms with Crippen molar-refractivity contribution in [2.75, 3.05) is 13.1 Å². The third kappa shape index (κ3) is 7.04. The van der Waals surface area contributed by atoms with Gasteiger partial charge in [0, 0.05) is 19.6 Å². The Bertz CT molecular complexity index is 1030. The van der Waals surface area contributed by atoms with Gasteiger partial charge in [0.1, 0.15) is 5.75 Å². The zero-order valence-electron chi connectivity index (χ0n) is 20.4. The SMILES string of the molecule is C=CCC[C@H](O)CN(Cc1c(C)nn(-c2ccccc2)c1Oc1cccc(C)c1)CC(C)C. The molecule has 0 bridgehead atoms. The van der Waals surface area contributed by atoms with Crippen LogP contribution in [0.3, 0.4) is 0 Å². The molecule has 3 rings (SSSR count). The van der Waals surface area contributed by atoms with Crippen LogP contribution >= 0.6 is 0 Å². The molecule has 0 radical (unpaired) electrons. The Labute approximate surface area is 198 Å². The normalized spacial score (nSPS) is 12.3. The van der Waals surface area contributed by atoms with Gasteiger partial charge >= 0.3 is 0 Å². The highest BCUT2D eigenvalue weighted by atomic mass is 16.5. The predicted octanol–water partition coefficient (Wildman–Crippen LogP) is 6.07. The molecule has 0 saturated heterocycles. The fourth-order valence-electron chi connectivity index (χ4n) is 4.00. The molecule has 0 aliphatic carbocycles. The summed E-state index contributed by atoms with van der Waals surface area (Å²) in [6.45, 7) is 14.4. The van der Waals surface area contributed by atoms with Gasteiger partial charge in [0.05, 0.1) is 23.0 Å². The number of benzene rings is 2. The molecule has 1 aromatic heterocycles. The summed E-state index contributed by atoms with van der Waals surface area (Å²) in [5.41, 5.74) is 4.06. The first-order valence-corrected chi connectivity index (χ1v) is 11.8. The number of rotatable bonds is 12. The largest absolute Gasteiger partial charge is 0.439 e. The molecule has 3 aromatic rings. The zero-order valence-corrected chi connectivity index (χ0v) is 20.4. The molecule has 0 aliphatic heterocycles. The molecule has 1 atom stereocenters. The van der Waals surface area contributed by atoms with Gasteiger partial charge in [-0.05, 0) is 62.4 Å². The molecule has 0 fully saturated rings. The van der Waals surface area contributed by atoms with Crippen LogP contribution in [0.1, 0.15) is 43.5 Å². The number of aryl methyl sites for hydroxylation is 2. The third-order valence-electron chi connectivity index (χ3n) is 5.52. The number of hydrogen-bond donors (Lipinski definition) is 1. The molecule has 0 unspecified atom stereocenters. The van der Waals surface area contributed by atoms with E-state index in [1.54, 1.807) is 0 Å². The average Bonchev–Trinajstić information content (AvgIpc) is 3.07. The highest BCUT2D eigenvalue weighted by molar-refractivity contribution is 5.43. The lowest BCUT2D eigenvalue weighted by atomic mass is 10.1. The van der Waals surface area contributed by atoms with E-state index in [1.165, 1.54) is 0 Å². The molecule has 33 heavy (non-hydrogen) atoms. The fraction of sp³-hybridized carbons (Fsp3) is 0.393. The highest BCUT2D eigenvalue weighted by Gasteiger charge is 2.23. The lowest BCUT2D eigenvalue weighted by Gasteiger charge is -2.27. The second kappa shape index (κ2) is 11.8. The van der Waals surface area contributed by atoms with Crippen molar-refractivity contribution in [1.82, 2.24) is 14.7 Å². The van der Waals surface area contributed by atoms with Crippen LogP contribution in [0, 0.1) is 19.8 Å². The van der Waals surface area contributed by atoms with E-state index in [2.05, 4.69) is 38.3 Å². The maximum atomic E-state index is 10.6. The Kier molecular flexibility index (Phi) is 8.87. The first-order chi connectivity index (χ1) is 15.9. The van der Waals surface area contributed by atoms with E-state index >= 15 is 0 Å². The smallest absolute Gasteiger partial charge is 0.227 e. The van der Waals surface area contributed by atoms with Crippen molar-refractivity contribution in [3.63, 3.8) is 0 Å². The minimum absolute atomic E-state index is 0.396. The summed E-state index contributed by atoms with van der Waals surface area (Å²) in [5, 5.41) is 15.4. The van der Waals surface area contributed by atoms with Crippen LogP contribution in [0.15, 0.2) is 67.3 Å². The zero-order chi connectivity index (χ0) is 23.8. The summed E-state index contributed by atoms with van der Waals surface area (Å²) in [6.07, 6.45) is 2.99. The molecular formula is C28H37N3O2. The maximum Gasteiger partial charge on any atom is 0.227 e. The van der Waals surface area contributed by atoms with Gasteiger partial charge in [-0.3, -0.25) is 4.90 Å². The van der Waals surface area contributed by atoms with E-state index in [9.17, 15) is 5.11 Å².